The Morgan fingerprint density at radius 3 is 3.00 bits per heavy atom. The molecule has 0 aromatic carbocycles. The molecule has 0 spiro atoms. The van der Waals surface area contributed by atoms with E-state index >= 15 is 0 Å². The second kappa shape index (κ2) is 3.40. The van der Waals surface area contributed by atoms with E-state index in [2.05, 4.69) is 28.0 Å². The maximum absolute atomic E-state index is 4.46. The summed E-state index contributed by atoms with van der Waals surface area (Å²) in [7, 11) is 0. The second-order valence-corrected chi connectivity index (χ2v) is 3.82. The quantitative estimate of drug-likeness (QED) is 0.767. The number of nitrogens with one attached hydrogen (secondary N) is 1. The number of nitrogens with zero attached hydrogens (tertiary/aromatic N) is 2. The molecule has 0 amide bonds. The first-order chi connectivity index (χ1) is 6.29. The standard InChI is InChI=1S/C10H17N3/c1-3-6-13-7-8(2)11-10(13)12-9-4-5-9/h7,9H,3-6H2,1-2H3,(H,11,12). The van der Waals surface area contributed by atoms with Crippen molar-refractivity contribution in [3.63, 3.8) is 0 Å². The highest BCUT2D eigenvalue weighted by molar-refractivity contribution is 5.31. The third kappa shape index (κ3) is 2.02. The predicted octanol–water partition coefficient (Wildman–Crippen LogP) is 2.18. The second-order valence-electron chi connectivity index (χ2n) is 3.82. The van der Waals surface area contributed by atoms with E-state index in [0.29, 0.717) is 6.04 Å². The molecular weight excluding hydrogens is 162 g/mol. The Bertz CT molecular complexity index is 286. The van der Waals surface area contributed by atoms with Crippen molar-refractivity contribution in [1.82, 2.24) is 9.55 Å². The molecular formula is C10H17N3. The van der Waals surface area contributed by atoms with E-state index in [1.54, 1.807) is 0 Å². The Kier molecular flexibility index (Phi) is 2.25. The molecule has 13 heavy (non-hydrogen) atoms. The van der Waals surface area contributed by atoms with Gasteiger partial charge in [-0.25, -0.2) is 4.98 Å². The molecule has 1 heterocycles. The van der Waals surface area contributed by atoms with E-state index in [4.69, 9.17) is 0 Å². The summed E-state index contributed by atoms with van der Waals surface area (Å²) in [6.07, 6.45) is 5.89. The zero-order chi connectivity index (χ0) is 9.26. The van der Waals surface area contributed by atoms with Gasteiger partial charge in [-0.2, -0.15) is 0 Å². The van der Waals surface area contributed by atoms with Gasteiger partial charge >= 0.3 is 0 Å². The summed E-state index contributed by atoms with van der Waals surface area (Å²) >= 11 is 0. The molecule has 0 saturated heterocycles. The van der Waals surface area contributed by atoms with Crippen molar-refractivity contribution >= 4 is 5.95 Å². The molecule has 72 valence electrons. The first-order valence-corrected chi connectivity index (χ1v) is 5.10. The third-order valence-electron chi connectivity index (χ3n) is 2.27. The van der Waals surface area contributed by atoms with E-state index in [1.165, 1.54) is 12.8 Å². The van der Waals surface area contributed by atoms with Gasteiger partial charge in [-0.3, -0.25) is 0 Å². The molecule has 1 saturated carbocycles. The van der Waals surface area contributed by atoms with Gasteiger partial charge in [-0.1, -0.05) is 6.92 Å². The molecule has 1 N–H and O–H groups in total. The molecule has 0 aliphatic heterocycles. The molecule has 0 unspecified atom stereocenters. The van der Waals surface area contributed by atoms with Crippen molar-refractivity contribution < 1.29 is 0 Å². The molecule has 1 fully saturated rings. The van der Waals surface area contributed by atoms with Gasteiger partial charge < -0.3 is 9.88 Å². The number of aryl methyl sites for hydroxylation is 2. The summed E-state index contributed by atoms with van der Waals surface area (Å²) < 4.78 is 2.22. The molecule has 1 aliphatic rings. The van der Waals surface area contributed by atoms with Crippen LogP contribution in [0.1, 0.15) is 31.9 Å². The van der Waals surface area contributed by atoms with Crippen LogP contribution in [-0.4, -0.2) is 15.6 Å². The van der Waals surface area contributed by atoms with Gasteiger partial charge in [0.05, 0.1) is 5.69 Å². The lowest BCUT2D eigenvalue weighted by molar-refractivity contribution is 0.681. The van der Waals surface area contributed by atoms with Gasteiger partial charge in [0.1, 0.15) is 0 Å². The summed E-state index contributed by atoms with van der Waals surface area (Å²) in [4.78, 5) is 4.46. The summed E-state index contributed by atoms with van der Waals surface area (Å²) in [6.45, 7) is 5.30. The lowest BCUT2D eigenvalue weighted by Gasteiger charge is -2.06. The van der Waals surface area contributed by atoms with Crippen molar-refractivity contribution in [3.05, 3.63) is 11.9 Å². The third-order valence-corrected chi connectivity index (χ3v) is 2.27. The van der Waals surface area contributed by atoms with Gasteiger partial charge in [0.25, 0.3) is 0 Å². The van der Waals surface area contributed by atoms with E-state index in [1.807, 2.05) is 6.92 Å². The van der Waals surface area contributed by atoms with Crippen molar-refractivity contribution in [2.24, 2.45) is 0 Å². The fourth-order valence-electron chi connectivity index (χ4n) is 1.48. The van der Waals surface area contributed by atoms with Crippen LogP contribution >= 0.6 is 0 Å². The summed E-state index contributed by atoms with van der Waals surface area (Å²) in [6, 6.07) is 0.692. The summed E-state index contributed by atoms with van der Waals surface area (Å²) in [5.74, 6) is 1.06. The normalized spacial score (nSPS) is 16.2. The van der Waals surface area contributed by atoms with Gasteiger partial charge in [0.2, 0.25) is 5.95 Å². The predicted molar refractivity (Wildman–Crippen MR) is 53.9 cm³/mol. The fourth-order valence-corrected chi connectivity index (χ4v) is 1.48. The summed E-state index contributed by atoms with van der Waals surface area (Å²) in [5, 5.41) is 3.44. The zero-order valence-corrected chi connectivity index (χ0v) is 8.38. The molecule has 0 radical (unpaired) electrons. The van der Waals surface area contributed by atoms with Crippen LogP contribution in [0.15, 0.2) is 6.20 Å². The summed E-state index contributed by atoms with van der Waals surface area (Å²) in [5.41, 5.74) is 1.11. The van der Waals surface area contributed by atoms with Crippen molar-refractivity contribution in [2.75, 3.05) is 5.32 Å². The number of imidazole rings is 1. The van der Waals surface area contributed by atoms with E-state index < -0.39 is 0 Å². The number of anilines is 1. The van der Waals surface area contributed by atoms with Crippen LogP contribution in [0.4, 0.5) is 5.95 Å². The Balaban J connectivity index is 2.10. The molecule has 1 aliphatic carbocycles. The van der Waals surface area contributed by atoms with Crippen LogP contribution in [0.3, 0.4) is 0 Å². The first-order valence-electron chi connectivity index (χ1n) is 5.10. The Labute approximate surface area is 79.2 Å². The minimum atomic E-state index is 0.692. The number of aromatic nitrogens is 2. The Hall–Kier alpha value is -0.990. The van der Waals surface area contributed by atoms with Crippen LogP contribution in [0.5, 0.6) is 0 Å². The molecule has 2 rings (SSSR count). The van der Waals surface area contributed by atoms with Crippen molar-refractivity contribution in [1.29, 1.82) is 0 Å². The van der Waals surface area contributed by atoms with E-state index in [-0.39, 0.29) is 0 Å². The van der Waals surface area contributed by atoms with Crippen LogP contribution < -0.4 is 5.32 Å². The molecule has 3 heteroatoms. The van der Waals surface area contributed by atoms with Crippen molar-refractivity contribution in [3.8, 4) is 0 Å². The molecule has 1 aromatic heterocycles. The number of hydrogen-bond donors (Lipinski definition) is 1. The Morgan fingerprint density at radius 2 is 2.38 bits per heavy atom. The maximum Gasteiger partial charge on any atom is 0.203 e. The van der Waals surface area contributed by atoms with E-state index in [9.17, 15) is 0 Å². The lowest BCUT2D eigenvalue weighted by Crippen LogP contribution is -2.08. The number of rotatable bonds is 4. The highest BCUT2D eigenvalue weighted by Crippen LogP contribution is 2.24. The largest absolute Gasteiger partial charge is 0.353 e. The van der Waals surface area contributed by atoms with Gasteiger partial charge in [-0.05, 0) is 26.2 Å². The molecule has 0 atom stereocenters. The monoisotopic (exact) mass is 179 g/mol. The molecule has 1 aromatic rings. The van der Waals surface area contributed by atoms with Crippen LogP contribution in [0.25, 0.3) is 0 Å². The Morgan fingerprint density at radius 1 is 1.62 bits per heavy atom. The minimum Gasteiger partial charge on any atom is -0.353 e. The maximum atomic E-state index is 4.46. The van der Waals surface area contributed by atoms with Gasteiger partial charge in [0, 0.05) is 18.8 Å². The fraction of sp³-hybridized carbons (Fsp3) is 0.700. The average molecular weight is 179 g/mol. The zero-order valence-electron chi connectivity index (χ0n) is 8.38. The van der Waals surface area contributed by atoms with Gasteiger partial charge in [0.15, 0.2) is 0 Å². The number of hydrogen-bond acceptors (Lipinski definition) is 2. The van der Waals surface area contributed by atoms with Crippen molar-refractivity contribution in [2.45, 2.75) is 45.7 Å². The van der Waals surface area contributed by atoms with Gasteiger partial charge in [-0.15, -0.1) is 0 Å². The molecule has 0 bridgehead atoms. The highest BCUT2D eigenvalue weighted by atomic mass is 15.2. The van der Waals surface area contributed by atoms with Crippen LogP contribution in [0, 0.1) is 6.92 Å². The lowest BCUT2D eigenvalue weighted by atomic mass is 10.5. The van der Waals surface area contributed by atoms with Crippen LogP contribution in [0.2, 0.25) is 0 Å². The average Bonchev–Trinajstić information content (AvgIpc) is 2.80. The van der Waals surface area contributed by atoms with Crippen LogP contribution in [-0.2, 0) is 6.54 Å². The SMILES string of the molecule is CCCn1cc(C)nc1NC1CC1. The minimum absolute atomic E-state index is 0.692. The van der Waals surface area contributed by atoms with E-state index in [0.717, 1.165) is 24.6 Å². The smallest absolute Gasteiger partial charge is 0.203 e. The topological polar surface area (TPSA) is 29.9 Å². The first kappa shape index (κ1) is 8.60. The molecule has 3 nitrogen and oxygen atoms in total. The highest BCUT2D eigenvalue weighted by Gasteiger charge is 2.22.